The average Bonchev–Trinajstić information content (AvgIpc) is 2.79. The van der Waals surface area contributed by atoms with Crippen molar-refractivity contribution in [3.05, 3.63) is 83.9 Å². The van der Waals surface area contributed by atoms with Crippen molar-refractivity contribution in [2.45, 2.75) is 4.90 Å². The van der Waals surface area contributed by atoms with Gasteiger partial charge in [0.25, 0.3) is 15.9 Å². The Labute approximate surface area is 175 Å². The molecule has 0 aliphatic heterocycles. The molecule has 3 aromatic carbocycles. The summed E-state index contributed by atoms with van der Waals surface area (Å²) in [6.07, 6.45) is 0. The number of ether oxygens (including phenoxy) is 1. The van der Waals surface area contributed by atoms with Crippen molar-refractivity contribution in [1.29, 1.82) is 5.26 Å². The third-order valence-electron chi connectivity index (χ3n) is 4.46. The fourth-order valence-corrected chi connectivity index (χ4v) is 3.96. The largest absolute Gasteiger partial charge is 0.497 e. The normalized spacial score (nSPS) is 10.7. The summed E-state index contributed by atoms with van der Waals surface area (Å²) >= 11 is 0. The van der Waals surface area contributed by atoms with Crippen LogP contribution in [0.3, 0.4) is 0 Å². The molecular formula is C22H19N3O4S. The van der Waals surface area contributed by atoms with Crippen LogP contribution < -0.4 is 14.4 Å². The number of hydrogen-bond acceptors (Lipinski definition) is 5. The van der Waals surface area contributed by atoms with Crippen molar-refractivity contribution in [1.82, 2.24) is 0 Å². The quantitative estimate of drug-likeness (QED) is 0.655. The summed E-state index contributed by atoms with van der Waals surface area (Å²) in [6.45, 7) is 0. The third kappa shape index (κ3) is 4.42. The molecule has 0 saturated carbocycles. The summed E-state index contributed by atoms with van der Waals surface area (Å²) in [7, 11) is -0.896. The number of nitrogens with one attached hydrogen (secondary N) is 1. The van der Waals surface area contributed by atoms with E-state index in [1.165, 1.54) is 38.4 Å². The van der Waals surface area contributed by atoms with Gasteiger partial charge < -0.3 is 10.1 Å². The Balaban J connectivity index is 1.83. The third-order valence-corrected chi connectivity index (χ3v) is 6.24. The number of benzene rings is 3. The van der Waals surface area contributed by atoms with Gasteiger partial charge in [-0.25, -0.2) is 8.42 Å². The van der Waals surface area contributed by atoms with E-state index in [4.69, 9.17) is 10.00 Å². The van der Waals surface area contributed by atoms with Gasteiger partial charge >= 0.3 is 0 Å². The van der Waals surface area contributed by atoms with Crippen molar-refractivity contribution >= 4 is 27.3 Å². The Morgan fingerprint density at radius 1 is 1.03 bits per heavy atom. The van der Waals surface area contributed by atoms with E-state index in [1.54, 1.807) is 48.5 Å². The van der Waals surface area contributed by atoms with Gasteiger partial charge in [0.15, 0.2) is 0 Å². The zero-order chi connectivity index (χ0) is 21.7. The molecule has 0 radical (unpaired) electrons. The highest BCUT2D eigenvalue weighted by Crippen LogP contribution is 2.25. The Morgan fingerprint density at radius 3 is 2.30 bits per heavy atom. The number of nitriles is 1. The van der Waals surface area contributed by atoms with E-state index in [0.29, 0.717) is 22.7 Å². The second kappa shape index (κ2) is 8.68. The van der Waals surface area contributed by atoms with Crippen molar-refractivity contribution in [2.24, 2.45) is 0 Å². The van der Waals surface area contributed by atoms with Crippen LogP contribution in [-0.2, 0) is 10.0 Å². The van der Waals surface area contributed by atoms with Gasteiger partial charge in [0, 0.05) is 18.3 Å². The smallest absolute Gasteiger partial charge is 0.264 e. The van der Waals surface area contributed by atoms with Crippen LogP contribution in [0.25, 0.3) is 0 Å². The van der Waals surface area contributed by atoms with Crippen LogP contribution in [-0.4, -0.2) is 28.5 Å². The molecule has 3 aromatic rings. The molecule has 1 N–H and O–H groups in total. The summed E-state index contributed by atoms with van der Waals surface area (Å²) in [6, 6.07) is 20.8. The molecule has 0 atom stereocenters. The molecule has 0 unspecified atom stereocenters. The number of anilines is 2. The van der Waals surface area contributed by atoms with E-state index in [1.807, 2.05) is 6.07 Å². The molecular weight excluding hydrogens is 402 g/mol. The average molecular weight is 421 g/mol. The Kier molecular flexibility index (Phi) is 6.04. The van der Waals surface area contributed by atoms with E-state index < -0.39 is 15.9 Å². The van der Waals surface area contributed by atoms with Crippen LogP contribution in [0, 0.1) is 11.3 Å². The second-order valence-electron chi connectivity index (χ2n) is 6.34. The van der Waals surface area contributed by atoms with Crippen molar-refractivity contribution < 1.29 is 17.9 Å². The number of hydrogen-bond donors (Lipinski definition) is 1. The lowest BCUT2D eigenvalue weighted by Crippen LogP contribution is -2.26. The molecule has 8 heteroatoms. The van der Waals surface area contributed by atoms with Crippen molar-refractivity contribution in [3.63, 3.8) is 0 Å². The van der Waals surface area contributed by atoms with Crippen LogP contribution in [0.15, 0.2) is 77.7 Å². The van der Waals surface area contributed by atoms with Gasteiger partial charge in [-0.3, -0.25) is 9.10 Å². The summed E-state index contributed by atoms with van der Waals surface area (Å²) in [5, 5.41) is 11.5. The number of rotatable bonds is 6. The fourth-order valence-electron chi connectivity index (χ4n) is 2.72. The molecule has 0 aromatic heterocycles. The van der Waals surface area contributed by atoms with Crippen LogP contribution in [0.2, 0.25) is 0 Å². The van der Waals surface area contributed by atoms with Gasteiger partial charge in [0.2, 0.25) is 0 Å². The summed E-state index contributed by atoms with van der Waals surface area (Å²) < 4.78 is 32.3. The Hall–Kier alpha value is -3.83. The van der Waals surface area contributed by atoms with Crippen LogP contribution in [0.4, 0.5) is 11.4 Å². The number of nitrogens with zero attached hydrogens (tertiary/aromatic N) is 2. The van der Waals surface area contributed by atoms with Gasteiger partial charge in [0.1, 0.15) is 5.75 Å². The first-order chi connectivity index (χ1) is 14.3. The summed E-state index contributed by atoms with van der Waals surface area (Å²) in [5.74, 6) is 0.162. The highest BCUT2D eigenvalue weighted by atomic mass is 32.2. The SMILES string of the molecule is COc1ccc(N(C)S(=O)(=O)c2cccc(C(=O)Nc3ccc(C#N)cc3)c2)cc1. The number of amides is 1. The molecule has 30 heavy (non-hydrogen) atoms. The lowest BCUT2D eigenvalue weighted by atomic mass is 10.2. The van der Waals surface area contributed by atoms with Gasteiger partial charge in [-0.05, 0) is 66.7 Å². The maximum Gasteiger partial charge on any atom is 0.264 e. The molecule has 3 rings (SSSR count). The molecule has 0 heterocycles. The summed E-state index contributed by atoms with van der Waals surface area (Å²) in [5.41, 5.74) is 1.64. The molecule has 1 amide bonds. The minimum absolute atomic E-state index is 0.00621. The Morgan fingerprint density at radius 2 is 1.70 bits per heavy atom. The molecule has 0 bridgehead atoms. The van der Waals surface area contributed by atoms with Crippen LogP contribution in [0.5, 0.6) is 5.75 Å². The topological polar surface area (TPSA) is 99.5 Å². The fraction of sp³-hybridized carbons (Fsp3) is 0.0909. The van der Waals surface area contributed by atoms with Crippen LogP contribution in [0.1, 0.15) is 15.9 Å². The molecule has 0 spiro atoms. The highest BCUT2D eigenvalue weighted by Gasteiger charge is 2.22. The van der Waals surface area contributed by atoms with Gasteiger partial charge in [-0.1, -0.05) is 6.07 Å². The molecule has 152 valence electrons. The summed E-state index contributed by atoms with van der Waals surface area (Å²) in [4.78, 5) is 12.6. The molecule has 0 aliphatic carbocycles. The highest BCUT2D eigenvalue weighted by molar-refractivity contribution is 7.92. The first-order valence-electron chi connectivity index (χ1n) is 8.90. The predicted molar refractivity (Wildman–Crippen MR) is 114 cm³/mol. The first-order valence-corrected chi connectivity index (χ1v) is 10.3. The minimum atomic E-state index is -3.87. The van der Waals surface area contributed by atoms with Crippen molar-refractivity contribution in [3.8, 4) is 11.8 Å². The maximum atomic E-state index is 13.0. The number of sulfonamides is 1. The van der Waals surface area contributed by atoms with Gasteiger partial charge in [-0.15, -0.1) is 0 Å². The second-order valence-corrected chi connectivity index (χ2v) is 8.31. The zero-order valence-corrected chi connectivity index (χ0v) is 17.2. The molecule has 7 nitrogen and oxygen atoms in total. The Bertz CT molecular complexity index is 1200. The van der Waals surface area contributed by atoms with E-state index >= 15 is 0 Å². The lowest BCUT2D eigenvalue weighted by molar-refractivity contribution is 0.102. The monoisotopic (exact) mass is 421 g/mol. The van der Waals surface area contributed by atoms with Crippen molar-refractivity contribution in [2.75, 3.05) is 23.8 Å². The maximum absolute atomic E-state index is 13.0. The van der Waals surface area contributed by atoms with Gasteiger partial charge in [0.05, 0.1) is 29.3 Å². The van der Waals surface area contributed by atoms with E-state index in [-0.39, 0.29) is 10.5 Å². The standard InChI is InChI=1S/C22H19N3O4S/c1-25(19-10-12-20(29-2)13-11-19)30(27,28)21-5-3-4-17(14-21)22(26)24-18-8-6-16(15-23)7-9-18/h3-14H,1-2H3,(H,24,26). The van der Waals surface area contributed by atoms with Gasteiger partial charge in [-0.2, -0.15) is 5.26 Å². The first kappa shape index (κ1) is 20.9. The van der Waals surface area contributed by atoms with Crippen LogP contribution >= 0.6 is 0 Å². The van der Waals surface area contributed by atoms with E-state index in [9.17, 15) is 13.2 Å². The lowest BCUT2D eigenvalue weighted by Gasteiger charge is -2.20. The molecule has 0 aliphatic rings. The number of carbonyl (C=O) groups is 1. The number of methoxy groups -OCH3 is 1. The molecule has 0 fully saturated rings. The molecule has 0 saturated heterocycles. The van der Waals surface area contributed by atoms with E-state index in [0.717, 1.165) is 4.31 Å². The minimum Gasteiger partial charge on any atom is -0.497 e. The number of carbonyl (C=O) groups excluding carboxylic acids is 1. The van der Waals surface area contributed by atoms with E-state index in [2.05, 4.69) is 5.32 Å². The zero-order valence-electron chi connectivity index (χ0n) is 16.4. The predicted octanol–water partition coefficient (Wildman–Crippen LogP) is 3.64.